The first-order valence-electron chi connectivity index (χ1n) is 6.60. The molecule has 0 saturated carbocycles. The van der Waals surface area contributed by atoms with Crippen LogP contribution in [0.15, 0.2) is 0 Å². The van der Waals surface area contributed by atoms with Crippen molar-refractivity contribution in [3.8, 4) is 0 Å². The van der Waals surface area contributed by atoms with E-state index in [9.17, 15) is 26.7 Å². The molecule has 1 fully saturated rings. The van der Waals surface area contributed by atoms with Gasteiger partial charge >= 0.3 is 0 Å². The molecule has 5 atom stereocenters. The minimum Gasteiger partial charge on any atom is -0.387 e. The summed E-state index contributed by atoms with van der Waals surface area (Å²) in [6.07, 6.45) is -5.57. The maximum Gasteiger partial charge on any atom is 0.264 e. The van der Waals surface area contributed by atoms with Crippen molar-refractivity contribution < 1.29 is 44.6 Å². The van der Waals surface area contributed by atoms with E-state index in [0.717, 1.165) is 24.3 Å². The van der Waals surface area contributed by atoms with E-state index in [1.807, 2.05) is 0 Å². The summed E-state index contributed by atoms with van der Waals surface area (Å²) in [6.45, 7) is 1.31. The normalized spacial score (nSPS) is 31.8. The number of aliphatic hydroxyl groups excluding tert-OH is 1. The Morgan fingerprint density at radius 2 is 1.62 bits per heavy atom. The fourth-order valence-electron chi connectivity index (χ4n) is 2.03. The van der Waals surface area contributed by atoms with Crippen LogP contribution in [-0.4, -0.2) is 83.1 Å². The van der Waals surface area contributed by atoms with E-state index in [2.05, 4.69) is 0 Å². The number of hydrogen-bond donors (Lipinski definition) is 1. The fraction of sp³-hybridized carbons (Fsp3) is 0.909. The molecule has 1 aliphatic heterocycles. The number of ether oxygens (including phenoxy) is 2. The average Bonchev–Trinajstić information content (AvgIpc) is 2.39. The van der Waals surface area contributed by atoms with Gasteiger partial charge < -0.3 is 14.6 Å². The Balaban J connectivity index is 3.13. The minimum absolute atomic E-state index is 0.00836. The van der Waals surface area contributed by atoms with Crippen molar-refractivity contribution in [3.05, 3.63) is 0 Å². The lowest BCUT2D eigenvalue weighted by molar-refractivity contribution is -0.272. The first-order chi connectivity index (χ1) is 10.8. The molecule has 1 aliphatic rings. The Hall–Kier alpha value is -0.280. The third-order valence-corrected chi connectivity index (χ3v) is 4.92. The van der Waals surface area contributed by atoms with Crippen molar-refractivity contribution in [2.45, 2.75) is 37.6 Å². The third kappa shape index (κ3) is 6.92. The van der Waals surface area contributed by atoms with Crippen LogP contribution in [0.4, 0.5) is 0 Å². The van der Waals surface area contributed by atoms with Gasteiger partial charge in [0.25, 0.3) is 20.2 Å². The number of aliphatic hydroxyl groups is 1. The highest BCUT2D eigenvalue weighted by Gasteiger charge is 2.50. The number of carbonyl (C=O) groups is 1. The van der Waals surface area contributed by atoms with E-state index in [1.54, 1.807) is 0 Å². The maximum absolute atomic E-state index is 11.4. The van der Waals surface area contributed by atoms with E-state index in [1.165, 1.54) is 14.0 Å². The molecule has 1 saturated heterocycles. The van der Waals surface area contributed by atoms with Gasteiger partial charge in [0.1, 0.15) is 12.2 Å². The van der Waals surface area contributed by atoms with Crippen LogP contribution in [-0.2, 0) is 42.9 Å². The van der Waals surface area contributed by atoms with Crippen molar-refractivity contribution in [1.29, 1.82) is 0 Å². The van der Waals surface area contributed by atoms with Crippen LogP contribution < -0.4 is 0 Å². The Kier molecular flexibility index (Phi) is 7.62. The number of methoxy groups -OCH3 is 1. The summed E-state index contributed by atoms with van der Waals surface area (Å²) in [4.78, 5) is 11.1. The molecule has 13 heteroatoms. The largest absolute Gasteiger partial charge is 0.387 e. The summed E-state index contributed by atoms with van der Waals surface area (Å²) in [5.41, 5.74) is 0. The summed E-state index contributed by atoms with van der Waals surface area (Å²) in [7, 11) is -6.89. The number of carbonyl (C=O) groups excluding carboxylic acids is 1. The summed E-state index contributed by atoms with van der Waals surface area (Å²) >= 11 is 0.845. The summed E-state index contributed by atoms with van der Waals surface area (Å²) < 4.78 is 65.7. The zero-order chi connectivity index (χ0) is 18.7. The van der Waals surface area contributed by atoms with Gasteiger partial charge in [-0.2, -0.15) is 16.8 Å². The number of rotatable bonds is 7. The van der Waals surface area contributed by atoms with E-state index in [0.29, 0.717) is 0 Å². The predicted octanol–water partition coefficient (Wildman–Crippen LogP) is -1.31. The Labute approximate surface area is 145 Å². The van der Waals surface area contributed by atoms with Gasteiger partial charge in [-0.25, -0.2) is 0 Å². The average molecular weight is 408 g/mol. The minimum atomic E-state index is -4.05. The Morgan fingerprint density at radius 3 is 2.04 bits per heavy atom. The van der Waals surface area contributed by atoms with Crippen molar-refractivity contribution in [2.75, 3.05) is 25.4 Å². The highest BCUT2D eigenvalue weighted by atomic mass is 32.2. The first-order valence-corrected chi connectivity index (χ1v) is 11.2. The maximum atomic E-state index is 11.4. The van der Waals surface area contributed by atoms with Crippen LogP contribution in [0.3, 0.4) is 0 Å². The summed E-state index contributed by atoms with van der Waals surface area (Å²) in [6, 6.07) is 0. The lowest BCUT2D eigenvalue weighted by atomic mass is 10.00. The number of hydrogen-bond acceptors (Lipinski definition) is 11. The lowest BCUT2D eigenvalue weighted by Crippen LogP contribution is -2.61. The molecule has 0 bridgehead atoms. The van der Waals surface area contributed by atoms with Gasteiger partial charge in [-0.3, -0.25) is 13.2 Å². The van der Waals surface area contributed by atoms with E-state index < -0.39 is 50.9 Å². The van der Waals surface area contributed by atoms with Crippen LogP contribution in [0.25, 0.3) is 0 Å². The van der Waals surface area contributed by atoms with Gasteiger partial charge in [0.2, 0.25) is 0 Å². The molecule has 24 heavy (non-hydrogen) atoms. The van der Waals surface area contributed by atoms with Gasteiger partial charge in [-0.15, -0.1) is 0 Å². The Bertz CT molecular complexity index is 643. The van der Waals surface area contributed by atoms with Crippen molar-refractivity contribution >= 4 is 37.1 Å². The zero-order valence-corrected chi connectivity index (χ0v) is 15.9. The zero-order valence-electron chi connectivity index (χ0n) is 13.4. The Morgan fingerprint density at radius 1 is 1.12 bits per heavy atom. The van der Waals surface area contributed by atoms with Crippen LogP contribution in [0.1, 0.15) is 6.92 Å². The van der Waals surface area contributed by atoms with Crippen LogP contribution in [0, 0.1) is 0 Å². The topological polar surface area (TPSA) is 142 Å². The fourth-order valence-corrected chi connectivity index (χ4v) is 3.94. The molecule has 0 aromatic rings. The molecular weight excluding hydrogens is 388 g/mol. The summed E-state index contributed by atoms with van der Waals surface area (Å²) in [5.74, 6) is -0.00836. The molecule has 0 radical (unpaired) electrons. The van der Waals surface area contributed by atoms with Crippen molar-refractivity contribution in [3.63, 3.8) is 0 Å². The molecule has 0 aromatic carbocycles. The van der Waals surface area contributed by atoms with Crippen LogP contribution >= 0.6 is 11.8 Å². The lowest BCUT2D eigenvalue weighted by Gasteiger charge is -2.42. The standard InChI is InChI=1S/C11H20O10S3/c1-6(12)22-5-7-8(13)9(20-23(3,14)15)10(11(18-2)19-7)21-24(4,16)17/h7-11,13H,5H2,1-4H3/t7-,8-,9-,10+,11+/m1/s1. The SMILES string of the molecule is CO[C@H]1O[C@H](CSC(C)=O)[C@@H](O)[C@@H](OS(C)(=O)=O)[C@@H]1OS(C)(=O)=O. The van der Waals surface area contributed by atoms with E-state index >= 15 is 0 Å². The van der Waals surface area contributed by atoms with Gasteiger partial charge in [-0.05, 0) is 0 Å². The number of thioether (sulfide) groups is 1. The summed E-state index contributed by atoms with van der Waals surface area (Å²) in [5, 5.41) is 10.1. The van der Waals surface area contributed by atoms with Crippen molar-refractivity contribution in [1.82, 2.24) is 0 Å². The molecule has 0 aromatic heterocycles. The molecule has 0 spiro atoms. The molecule has 0 amide bonds. The van der Waals surface area contributed by atoms with Gasteiger partial charge in [0.05, 0.1) is 18.6 Å². The van der Waals surface area contributed by atoms with Gasteiger partial charge in [-0.1, -0.05) is 11.8 Å². The molecule has 1 heterocycles. The molecule has 142 valence electrons. The smallest absolute Gasteiger partial charge is 0.264 e. The molecular formula is C11H20O10S3. The van der Waals surface area contributed by atoms with E-state index in [-0.39, 0.29) is 10.9 Å². The second-order valence-corrected chi connectivity index (χ2v) is 9.50. The van der Waals surface area contributed by atoms with Crippen molar-refractivity contribution in [2.24, 2.45) is 0 Å². The highest BCUT2D eigenvalue weighted by molar-refractivity contribution is 8.13. The van der Waals surface area contributed by atoms with Gasteiger partial charge in [0, 0.05) is 19.8 Å². The second-order valence-electron chi connectivity index (χ2n) is 5.10. The molecule has 1 N–H and O–H groups in total. The first kappa shape index (κ1) is 21.8. The second kappa shape index (κ2) is 8.40. The third-order valence-electron chi connectivity index (χ3n) is 2.87. The van der Waals surface area contributed by atoms with Crippen LogP contribution in [0.5, 0.6) is 0 Å². The van der Waals surface area contributed by atoms with E-state index in [4.69, 9.17) is 17.8 Å². The van der Waals surface area contributed by atoms with Crippen LogP contribution in [0.2, 0.25) is 0 Å². The van der Waals surface area contributed by atoms with Gasteiger partial charge in [0.15, 0.2) is 17.5 Å². The molecule has 1 rings (SSSR count). The predicted molar refractivity (Wildman–Crippen MR) is 84.2 cm³/mol. The molecule has 10 nitrogen and oxygen atoms in total. The highest BCUT2D eigenvalue weighted by Crippen LogP contribution is 2.30. The molecule has 0 unspecified atom stereocenters. The quantitative estimate of drug-likeness (QED) is 0.501. The monoisotopic (exact) mass is 408 g/mol. The molecule has 0 aliphatic carbocycles.